The highest BCUT2D eigenvalue weighted by atomic mass is 16.5. The monoisotopic (exact) mass is 312 g/mol. The Hall–Kier alpha value is -2.63. The second-order valence-electron chi connectivity index (χ2n) is 5.47. The molecule has 2 aromatic rings. The molecule has 120 valence electrons. The zero-order valence-corrected chi connectivity index (χ0v) is 13.2. The molecule has 1 aromatic carbocycles. The number of carbonyl (C=O) groups excluding carboxylic acids is 1. The third-order valence-corrected chi connectivity index (χ3v) is 3.86. The van der Waals surface area contributed by atoms with Gasteiger partial charge in [0.1, 0.15) is 11.4 Å². The lowest BCUT2D eigenvalue weighted by molar-refractivity contribution is 0.0718. The van der Waals surface area contributed by atoms with Gasteiger partial charge in [0, 0.05) is 25.0 Å². The van der Waals surface area contributed by atoms with E-state index in [0.29, 0.717) is 11.6 Å². The first-order chi connectivity index (χ1) is 11.3. The average Bonchev–Trinajstić information content (AvgIpc) is 2.63. The van der Waals surface area contributed by atoms with Crippen LogP contribution < -0.4 is 10.1 Å². The average molecular weight is 312 g/mol. The molecule has 2 heterocycles. The minimum Gasteiger partial charge on any atom is -0.497 e. The molecule has 1 saturated heterocycles. The maximum Gasteiger partial charge on any atom is 0.272 e. The van der Waals surface area contributed by atoms with Crippen molar-refractivity contribution in [2.75, 3.05) is 25.5 Å². The fraction of sp³-hybridized carbons (Fsp3) is 0.353. The number of anilines is 2. The molecular weight excluding hydrogens is 292 g/mol. The number of hydrogen-bond donors (Lipinski definition) is 1. The van der Waals surface area contributed by atoms with Crippen LogP contribution in [0.2, 0.25) is 0 Å². The van der Waals surface area contributed by atoms with Gasteiger partial charge in [-0.3, -0.25) is 4.79 Å². The minimum atomic E-state index is -0.0233. The van der Waals surface area contributed by atoms with E-state index in [2.05, 4.69) is 15.3 Å². The van der Waals surface area contributed by atoms with Gasteiger partial charge >= 0.3 is 0 Å². The van der Waals surface area contributed by atoms with Gasteiger partial charge in [0.2, 0.25) is 5.95 Å². The molecule has 6 nitrogen and oxygen atoms in total. The zero-order chi connectivity index (χ0) is 16.1. The van der Waals surface area contributed by atoms with Crippen molar-refractivity contribution in [1.29, 1.82) is 0 Å². The summed E-state index contributed by atoms with van der Waals surface area (Å²) in [6, 6.07) is 9.12. The van der Waals surface area contributed by atoms with E-state index in [9.17, 15) is 4.79 Å². The standard InChI is InChI=1S/C17H20N4O2/c1-23-14-7-5-13(6-8-14)19-17-18-10-9-15(20-17)16(22)21-11-3-2-4-12-21/h5-10H,2-4,11-12H2,1H3,(H,18,19,20). The van der Waals surface area contributed by atoms with E-state index >= 15 is 0 Å². The van der Waals surface area contributed by atoms with Crippen LogP contribution in [0.25, 0.3) is 0 Å². The number of benzene rings is 1. The number of ether oxygens (including phenoxy) is 1. The Morgan fingerprint density at radius 3 is 2.57 bits per heavy atom. The van der Waals surface area contributed by atoms with E-state index in [-0.39, 0.29) is 5.91 Å². The van der Waals surface area contributed by atoms with E-state index in [4.69, 9.17) is 4.74 Å². The number of rotatable bonds is 4. The van der Waals surface area contributed by atoms with Gasteiger partial charge in [-0.05, 0) is 49.6 Å². The lowest BCUT2D eigenvalue weighted by Crippen LogP contribution is -2.36. The fourth-order valence-electron chi connectivity index (χ4n) is 2.60. The predicted molar refractivity (Wildman–Crippen MR) is 88.1 cm³/mol. The zero-order valence-electron chi connectivity index (χ0n) is 13.2. The van der Waals surface area contributed by atoms with Crippen LogP contribution in [0.3, 0.4) is 0 Å². The molecule has 0 bridgehead atoms. The summed E-state index contributed by atoms with van der Waals surface area (Å²) in [6.45, 7) is 1.62. The Morgan fingerprint density at radius 2 is 1.87 bits per heavy atom. The maximum atomic E-state index is 12.5. The molecular formula is C17H20N4O2. The Morgan fingerprint density at radius 1 is 1.13 bits per heavy atom. The van der Waals surface area contributed by atoms with Crippen LogP contribution in [0.15, 0.2) is 36.5 Å². The third kappa shape index (κ3) is 3.77. The molecule has 0 atom stereocenters. The van der Waals surface area contributed by atoms with Crippen LogP contribution in [-0.2, 0) is 0 Å². The normalized spacial score (nSPS) is 14.4. The van der Waals surface area contributed by atoms with E-state index < -0.39 is 0 Å². The molecule has 1 aliphatic heterocycles. The highest BCUT2D eigenvalue weighted by Crippen LogP contribution is 2.18. The topological polar surface area (TPSA) is 67.3 Å². The number of likely N-dealkylation sites (tertiary alicyclic amines) is 1. The number of carbonyl (C=O) groups is 1. The second kappa shape index (κ2) is 7.09. The lowest BCUT2D eigenvalue weighted by atomic mass is 10.1. The molecule has 0 saturated carbocycles. The van der Waals surface area contributed by atoms with Crippen LogP contribution in [0.4, 0.5) is 11.6 Å². The molecule has 23 heavy (non-hydrogen) atoms. The predicted octanol–water partition coefficient (Wildman–Crippen LogP) is 2.85. The molecule has 1 amide bonds. The Labute approximate surface area is 135 Å². The van der Waals surface area contributed by atoms with Crippen molar-refractivity contribution in [3.8, 4) is 5.75 Å². The summed E-state index contributed by atoms with van der Waals surface area (Å²) in [4.78, 5) is 22.9. The van der Waals surface area contributed by atoms with Gasteiger partial charge in [-0.1, -0.05) is 0 Å². The quantitative estimate of drug-likeness (QED) is 0.940. The number of piperidine rings is 1. The van der Waals surface area contributed by atoms with Crippen LogP contribution in [-0.4, -0.2) is 41.0 Å². The maximum absolute atomic E-state index is 12.5. The highest BCUT2D eigenvalue weighted by Gasteiger charge is 2.19. The van der Waals surface area contributed by atoms with Gasteiger partial charge in [-0.2, -0.15) is 0 Å². The van der Waals surface area contributed by atoms with Crippen molar-refractivity contribution < 1.29 is 9.53 Å². The van der Waals surface area contributed by atoms with E-state index in [1.165, 1.54) is 6.42 Å². The van der Waals surface area contributed by atoms with Gasteiger partial charge in [-0.25, -0.2) is 9.97 Å². The van der Waals surface area contributed by atoms with E-state index in [0.717, 1.165) is 37.4 Å². The Kier molecular flexibility index (Phi) is 4.71. The van der Waals surface area contributed by atoms with Crippen molar-refractivity contribution >= 4 is 17.5 Å². The summed E-state index contributed by atoms with van der Waals surface area (Å²) in [5.74, 6) is 1.17. The summed E-state index contributed by atoms with van der Waals surface area (Å²) >= 11 is 0. The smallest absolute Gasteiger partial charge is 0.272 e. The third-order valence-electron chi connectivity index (χ3n) is 3.86. The summed E-state index contributed by atoms with van der Waals surface area (Å²) < 4.78 is 5.13. The Balaban J connectivity index is 1.72. The number of methoxy groups -OCH3 is 1. The highest BCUT2D eigenvalue weighted by molar-refractivity contribution is 5.92. The fourth-order valence-corrected chi connectivity index (χ4v) is 2.60. The van der Waals surface area contributed by atoms with Crippen molar-refractivity contribution in [2.45, 2.75) is 19.3 Å². The first-order valence-electron chi connectivity index (χ1n) is 7.79. The van der Waals surface area contributed by atoms with Crippen LogP contribution in [0, 0.1) is 0 Å². The van der Waals surface area contributed by atoms with Crippen molar-refractivity contribution in [2.24, 2.45) is 0 Å². The van der Waals surface area contributed by atoms with Crippen molar-refractivity contribution in [3.63, 3.8) is 0 Å². The van der Waals surface area contributed by atoms with Crippen LogP contribution >= 0.6 is 0 Å². The molecule has 0 radical (unpaired) electrons. The first kappa shape index (κ1) is 15.3. The summed E-state index contributed by atoms with van der Waals surface area (Å²) in [7, 11) is 1.63. The first-order valence-corrected chi connectivity index (χ1v) is 7.79. The molecule has 1 fully saturated rings. The second-order valence-corrected chi connectivity index (χ2v) is 5.47. The SMILES string of the molecule is COc1ccc(Nc2nccc(C(=O)N3CCCCC3)n2)cc1. The van der Waals surface area contributed by atoms with Gasteiger partial charge < -0.3 is 15.0 Å². The minimum absolute atomic E-state index is 0.0233. The van der Waals surface area contributed by atoms with Gasteiger partial charge in [0.15, 0.2) is 0 Å². The summed E-state index contributed by atoms with van der Waals surface area (Å²) in [5.41, 5.74) is 1.27. The van der Waals surface area contributed by atoms with E-state index in [1.807, 2.05) is 29.2 Å². The number of nitrogens with zero attached hydrogens (tertiary/aromatic N) is 3. The van der Waals surface area contributed by atoms with Gasteiger partial charge in [-0.15, -0.1) is 0 Å². The summed E-state index contributed by atoms with van der Waals surface area (Å²) in [5, 5.41) is 3.10. The molecule has 1 aliphatic rings. The molecule has 0 spiro atoms. The van der Waals surface area contributed by atoms with E-state index in [1.54, 1.807) is 19.4 Å². The Bertz CT molecular complexity index is 667. The van der Waals surface area contributed by atoms with Crippen molar-refractivity contribution in [1.82, 2.24) is 14.9 Å². The molecule has 0 aliphatic carbocycles. The van der Waals surface area contributed by atoms with Crippen LogP contribution in [0.1, 0.15) is 29.8 Å². The lowest BCUT2D eigenvalue weighted by Gasteiger charge is -2.26. The molecule has 1 aromatic heterocycles. The summed E-state index contributed by atoms with van der Waals surface area (Å²) in [6.07, 6.45) is 4.93. The molecule has 0 unspecified atom stereocenters. The number of amides is 1. The van der Waals surface area contributed by atoms with Crippen molar-refractivity contribution in [3.05, 3.63) is 42.2 Å². The number of nitrogens with one attached hydrogen (secondary N) is 1. The number of hydrogen-bond acceptors (Lipinski definition) is 5. The largest absolute Gasteiger partial charge is 0.497 e. The molecule has 1 N–H and O–H groups in total. The molecule has 3 rings (SSSR count). The van der Waals surface area contributed by atoms with Crippen LogP contribution in [0.5, 0.6) is 5.75 Å². The molecule has 6 heteroatoms. The number of aromatic nitrogens is 2. The van der Waals surface area contributed by atoms with Gasteiger partial charge in [0.05, 0.1) is 7.11 Å². The van der Waals surface area contributed by atoms with Gasteiger partial charge in [0.25, 0.3) is 5.91 Å².